The minimum absolute atomic E-state index is 0.439. The second-order valence-electron chi connectivity index (χ2n) is 5.34. The molecule has 4 rings (SSSR count). The predicted octanol–water partition coefficient (Wildman–Crippen LogP) is 1.50. The smallest absolute Gasteiger partial charge is 0.350 e. The molecule has 0 spiro atoms. The van der Waals surface area contributed by atoms with E-state index in [-0.39, 0.29) is 0 Å². The third-order valence-corrected chi connectivity index (χ3v) is 4.65. The number of carbonyl (C=O) groups excluding carboxylic acids is 1. The van der Waals surface area contributed by atoms with Crippen molar-refractivity contribution in [2.45, 2.75) is 12.8 Å². The van der Waals surface area contributed by atoms with Gasteiger partial charge in [-0.2, -0.15) is 5.43 Å². The van der Waals surface area contributed by atoms with Gasteiger partial charge in [0.25, 0.3) is 0 Å². The zero-order valence-corrected chi connectivity index (χ0v) is 13.2. The third-order valence-electron chi connectivity index (χ3n) is 3.91. The molecule has 1 aromatic heterocycles. The number of amides is 2. The van der Waals surface area contributed by atoms with Crippen LogP contribution in [0.25, 0.3) is 0 Å². The van der Waals surface area contributed by atoms with Crippen LogP contribution < -0.4 is 26.6 Å². The van der Waals surface area contributed by atoms with Crippen molar-refractivity contribution < 1.29 is 4.79 Å². The minimum atomic E-state index is -0.581. The number of urea groups is 1. The highest BCUT2D eigenvalue weighted by Gasteiger charge is 2.35. The first-order valence-corrected chi connectivity index (χ1v) is 8.29. The number of carbonyl (C=O) groups is 1. The van der Waals surface area contributed by atoms with Crippen LogP contribution in [-0.4, -0.2) is 29.3 Å². The van der Waals surface area contributed by atoms with Gasteiger partial charge in [-0.15, -0.1) is 21.6 Å². The van der Waals surface area contributed by atoms with E-state index in [2.05, 4.69) is 27.9 Å². The standard InChI is InChI=1S/C14H17N7OS/c15-13(22)20-18-9-19(21(20)14-17-6-7-23-14)11-3-4-12-10(8-11)2-1-5-16-12/h3-4,6-8,16,18H,1-2,5,9H2,(H2,15,22). The Labute approximate surface area is 137 Å². The third kappa shape index (κ3) is 2.43. The lowest BCUT2D eigenvalue weighted by atomic mass is 10.0. The van der Waals surface area contributed by atoms with Crippen LogP contribution in [0, 0.1) is 0 Å². The number of hydrazine groups is 3. The van der Waals surface area contributed by atoms with Crippen LogP contribution in [0.1, 0.15) is 12.0 Å². The number of primary amides is 1. The lowest BCUT2D eigenvalue weighted by Gasteiger charge is -2.31. The molecule has 2 aliphatic heterocycles. The van der Waals surface area contributed by atoms with Gasteiger partial charge >= 0.3 is 6.03 Å². The predicted molar refractivity (Wildman–Crippen MR) is 89.7 cm³/mol. The number of hydrogen-bond acceptors (Lipinski definition) is 7. The number of aromatic nitrogens is 1. The highest BCUT2D eigenvalue weighted by molar-refractivity contribution is 7.13. The molecular weight excluding hydrogens is 314 g/mol. The van der Waals surface area contributed by atoms with E-state index in [1.807, 2.05) is 16.5 Å². The Balaban J connectivity index is 1.71. The van der Waals surface area contributed by atoms with Crippen molar-refractivity contribution in [3.63, 3.8) is 0 Å². The molecule has 120 valence electrons. The number of benzene rings is 1. The van der Waals surface area contributed by atoms with Crippen LogP contribution in [-0.2, 0) is 6.42 Å². The molecule has 1 saturated heterocycles. The molecular formula is C14H17N7OS. The molecule has 2 aliphatic rings. The number of fused-ring (bicyclic) bond motifs is 1. The largest absolute Gasteiger partial charge is 0.385 e. The van der Waals surface area contributed by atoms with Crippen molar-refractivity contribution in [1.82, 2.24) is 15.5 Å². The number of rotatable bonds is 2. The Morgan fingerprint density at radius 2 is 2.30 bits per heavy atom. The summed E-state index contributed by atoms with van der Waals surface area (Å²) in [6.45, 7) is 1.45. The number of nitrogens with two attached hydrogens (primary N) is 1. The van der Waals surface area contributed by atoms with Crippen LogP contribution in [0.3, 0.4) is 0 Å². The average Bonchev–Trinajstić information content (AvgIpc) is 3.23. The first kappa shape index (κ1) is 14.1. The molecule has 0 radical (unpaired) electrons. The molecule has 0 saturated carbocycles. The highest BCUT2D eigenvalue weighted by Crippen LogP contribution is 2.32. The second kappa shape index (κ2) is 5.60. The number of nitrogens with zero attached hydrogens (tertiary/aromatic N) is 4. The van der Waals surface area contributed by atoms with Gasteiger partial charge in [-0.3, -0.25) is 0 Å². The first-order valence-electron chi connectivity index (χ1n) is 7.41. The number of aryl methyl sites for hydroxylation is 1. The molecule has 2 aromatic rings. The molecule has 0 aliphatic carbocycles. The molecule has 23 heavy (non-hydrogen) atoms. The van der Waals surface area contributed by atoms with Crippen molar-refractivity contribution in [3.05, 3.63) is 35.3 Å². The monoisotopic (exact) mass is 331 g/mol. The van der Waals surface area contributed by atoms with Crippen LogP contribution in [0.5, 0.6) is 0 Å². The summed E-state index contributed by atoms with van der Waals surface area (Å²) in [7, 11) is 0. The van der Waals surface area contributed by atoms with Crippen LogP contribution in [0.15, 0.2) is 29.8 Å². The maximum atomic E-state index is 11.7. The molecule has 3 heterocycles. The highest BCUT2D eigenvalue weighted by atomic mass is 32.1. The van der Waals surface area contributed by atoms with Gasteiger partial charge in [0.05, 0.1) is 5.69 Å². The molecule has 1 fully saturated rings. The van der Waals surface area contributed by atoms with Crippen LogP contribution >= 0.6 is 11.3 Å². The van der Waals surface area contributed by atoms with E-state index >= 15 is 0 Å². The molecule has 0 bridgehead atoms. The number of hydrogen-bond donors (Lipinski definition) is 3. The number of anilines is 3. The van der Waals surface area contributed by atoms with E-state index < -0.39 is 6.03 Å². The van der Waals surface area contributed by atoms with Gasteiger partial charge in [0.15, 0.2) is 0 Å². The molecule has 2 amide bonds. The van der Waals surface area contributed by atoms with Gasteiger partial charge in [0, 0.05) is 23.8 Å². The van der Waals surface area contributed by atoms with Crippen molar-refractivity contribution in [3.8, 4) is 0 Å². The molecule has 0 atom stereocenters. The number of nitrogens with one attached hydrogen (secondary N) is 2. The fourth-order valence-corrected chi connectivity index (χ4v) is 3.51. The fourth-order valence-electron chi connectivity index (χ4n) is 2.87. The van der Waals surface area contributed by atoms with Crippen molar-refractivity contribution in [2.24, 2.45) is 5.73 Å². The topological polar surface area (TPSA) is 89.8 Å². The summed E-state index contributed by atoms with van der Waals surface area (Å²) in [4.78, 5) is 16.0. The zero-order valence-electron chi connectivity index (χ0n) is 12.4. The molecule has 8 nitrogen and oxygen atoms in total. The van der Waals surface area contributed by atoms with E-state index in [0.29, 0.717) is 11.8 Å². The molecule has 0 unspecified atom stereocenters. The second-order valence-corrected chi connectivity index (χ2v) is 6.21. The van der Waals surface area contributed by atoms with Gasteiger partial charge in [0.2, 0.25) is 5.13 Å². The van der Waals surface area contributed by atoms with E-state index in [1.165, 1.54) is 27.7 Å². The Kier molecular flexibility index (Phi) is 3.43. The van der Waals surface area contributed by atoms with Gasteiger partial charge in [-0.25, -0.2) is 14.8 Å². The van der Waals surface area contributed by atoms with Gasteiger partial charge in [-0.05, 0) is 36.6 Å². The number of thiazole rings is 1. The van der Waals surface area contributed by atoms with Crippen molar-refractivity contribution in [1.29, 1.82) is 0 Å². The minimum Gasteiger partial charge on any atom is -0.385 e. The Morgan fingerprint density at radius 3 is 3.09 bits per heavy atom. The van der Waals surface area contributed by atoms with E-state index in [1.54, 1.807) is 11.3 Å². The van der Waals surface area contributed by atoms with Crippen molar-refractivity contribution in [2.75, 3.05) is 28.7 Å². The summed E-state index contributed by atoms with van der Waals surface area (Å²) in [5, 5.41) is 10.8. The first-order chi connectivity index (χ1) is 11.2. The fraction of sp³-hybridized carbons (Fsp3) is 0.286. The average molecular weight is 331 g/mol. The molecule has 9 heteroatoms. The summed E-state index contributed by atoms with van der Waals surface area (Å²) in [5.74, 6) is 0. The summed E-state index contributed by atoms with van der Waals surface area (Å²) < 4.78 is 0. The quantitative estimate of drug-likeness (QED) is 0.773. The Bertz CT molecular complexity index is 720. The molecule has 4 N–H and O–H groups in total. The lowest BCUT2D eigenvalue weighted by Crippen LogP contribution is -2.52. The maximum absolute atomic E-state index is 11.7. The van der Waals surface area contributed by atoms with Gasteiger partial charge < -0.3 is 11.1 Å². The normalized spacial score (nSPS) is 17.1. The van der Waals surface area contributed by atoms with Crippen LogP contribution in [0.4, 0.5) is 21.3 Å². The van der Waals surface area contributed by atoms with Crippen LogP contribution in [0.2, 0.25) is 0 Å². The lowest BCUT2D eigenvalue weighted by molar-refractivity contribution is 0.194. The molecule has 1 aromatic carbocycles. The summed E-state index contributed by atoms with van der Waals surface area (Å²) in [6.07, 6.45) is 3.87. The zero-order chi connectivity index (χ0) is 15.8. The Morgan fingerprint density at radius 1 is 1.39 bits per heavy atom. The van der Waals surface area contributed by atoms with E-state index in [9.17, 15) is 4.79 Å². The summed E-state index contributed by atoms with van der Waals surface area (Å²) in [6, 6.07) is 5.68. The van der Waals surface area contributed by atoms with E-state index in [0.717, 1.165) is 25.1 Å². The summed E-state index contributed by atoms with van der Waals surface area (Å²) in [5.41, 5.74) is 11.9. The van der Waals surface area contributed by atoms with Gasteiger partial charge in [0.1, 0.15) is 6.67 Å². The SMILES string of the molecule is NC(=O)N1NCN(c2ccc3c(c2)CCCN3)N1c1nccs1. The van der Waals surface area contributed by atoms with Gasteiger partial charge in [-0.1, -0.05) is 0 Å². The maximum Gasteiger partial charge on any atom is 0.350 e. The Hall–Kier alpha value is -2.52. The summed E-state index contributed by atoms with van der Waals surface area (Å²) >= 11 is 1.44. The van der Waals surface area contributed by atoms with E-state index in [4.69, 9.17) is 5.73 Å². The van der Waals surface area contributed by atoms with Crippen molar-refractivity contribution >= 4 is 33.9 Å².